The molecule has 0 nitrogen and oxygen atoms in total. The van der Waals surface area contributed by atoms with Gasteiger partial charge >= 0.3 is 0 Å². The fourth-order valence-corrected chi connectivity index (χ4v) is 4.39. The van der Waals surface area contributed by atoms with Gasteiger partial charge in [0.25, 0.3) is 0 Å². The highest BCUT2D eigenvalue weighted by Crippen LogP contribution is 2.46. The smallest absolute Gasteiger partial charge is 0.0406 e. The second-order valence-electron chi connectivity index (χ2n) is 9.11. The predicted molar refractivity (Wildman–Crippen MR) is 118 cm³/mol. The van der Waals surface area contributed by atoms with Gasteiger partial charge in [-0.25, -0.2) is 0 Å². The van der Waals surface area contributed by atoms with Crippen molar-refractivity contribution in [3.05, 3.63) is 82.9 Å². The van der Waals surface area contributed by atoms with Crippen LogP contribution in [0.1, 0.15) is 51.7 Å². The highest BCUT2D eigenvalue weighted by atomic mass is 35.5. The van der Waals surface area contributed by atoms with E-state index in [9.17, 15) is 0 Å². The first-order valence-electron chi connectivity index (χ1n) is 9.78. The van der Waals surface area contributed by atoms with Gasteiger partial charge in [0.15, 0.2) is 0 Å². The minimum Gasteiger partial charge on any atom is -0.0843 e. The third kappa shape index (κ3) is 3.44. The molecule has 27 heavy (non-hydrogen) atoms. The molecule has 3 aromatic rings. The summed E-state index contributed by atoms with van der Waals surface area (Å²) in [6.07, 6.45) is 2.49. The Morgan fingerprint density at radius 3 is 1.52 bits per heavy atom. The van der Waals surface area contributed by atoms with E-state index in [0.717, 1.165) is 5.02 Å². The highest BCUT2D eigenvalue weighted by Gasteiger charge is 2.36. The van der Waals surface area contributed by atoms with E-state index < -0.39 is 0 Å². The van der Waals surface area contributed by atoms with Gasteiger partial charge in [0, 0.05) is 5.02 Å². The quantitative estimate of drug-likeness (QED) is 0.426. The maximum absolute atomic E-state index is 6.01. The van der Waals surface area contributed by atoms with Crippen molar-refractivity contribution >= 4 is 11.6 Å². The molecule has 0 spiro atoms. The van der Waals surface area contributed by atoms with E-state index in [4.69, 9.17) is 11.6 Å². The van der Waals surface area contributed by atoms with Gasteiger partial charge in [0.05, 0.1) is 0 Å². The summed E-state index contributed by atoms with van der Waals surface area (Å²) in [6.45, 7) is 9.52. The van der Waals surface area contributed by atoms with Crippen LogP contribution in [0.4, 0.5) is 0 Å². The molecular formula is C26H27Cl. The molecule has 1 aliphatic rings. The van der Waals surface area contributed by atoms with Gasteiger partial charge in [0.2, 0.25) is 0 Å². The van der Waals surface area contributed by atoms with E-state index in [2.05, 4.69) is 82.3 Å². The van der Waals surface area contributed by atoms with E-state index in [0.29, 0.717) is 0 Å². The summed E-state index contributed by atoms with van der Waals surface area (Å²) in [5, 5.41) is 0.773. The highest BCUT2D eigenvalue weighted by molar-refractivity contribution is 6.30. The maximum atomic E-state index is 6.01. The molecule has 138 valence electrons. The van der Waals surface area contributed by atoms with Crippen LogP contribution in [-0.4, -0.2) is 0 Å². The average molecular weight is 375 g/mol. The van der Waals surface area contributed by atoms with Gasteiger partial charge in [-0.3, -0.25) is 0 Å². The van der Waals surface area contributed by atoms with Gasteiger partial charge in [0.1, 0.15) is 0 Å². The Labute approximate surface area is 168 Å². The van der Waals surface area contributed by atoms with Crippen molar-refractivity contribution in [2.45, 2.75) is 51.4 Å². The second-order valence-corrected chi connectivity index (χ2v) is 9.55. The lowest BCUT2D eigenvalue weighted by Gasteiger charge is -2.42. The van der Waals surface area contributed by atoms with Crippen LogP contribution in [0.5, 0.6) is 0 Å². The number of fused-ring (bicyclic) bond motifs is 1. The lowest BCUT2D eigenvalue weighted by molar-refractivity contribution is 0.332. The minimum atomic E-state index is 0.240. The van der Waals surface area contributed by atoms with Crippen molar-refractivity contribution in [3.63, 3.8) is 0 Å². The zero-order valence-corrected chi connectivity index (χ0v) is 17.4. The molecule has 0 aliphatic heterocycles. The predicted octanol–water partition coefficient (Wildman–Crippen LogP) is 8.02. The minimum absolute atomic E-state index is 0.240. The first-order valence-corrected chi connectivity index (χ1v) is 10.2. The van der Waals surface area contributed by atoms with Crippen LogP contribution in [0.2, 0.25) is 5.02 Å². The van der Waals surface area contributed by atoms with Crippen LogP contribution in [0.3, 0.4) is 0 Å². The topological polar surface area (TPSA) is 0 Å². The molecule has 3 aromatic carbocycles. The van der Waals surface area contributed by atoms with Crippen LogP contribution in [0.25, 0.3) is 22.3 Å². The van der Waals surface area contributed by atoms with Gasteiger partial charge < -0.3 is 0 Å². The number of rotatable bonds is 2. The summed E-state index contributed by atoms with van der Waals surface area (Å²) in [4.78, 5) is 0. The molecular weight excluding hydrogens is 348 g/mol. The maximum Gasteiger partial charge on any atom is 0.0406 e. The molecule has 0 bridgehead atoms. The first-order chi connectivity index (χ1) is 12.8. The SMILES string of the molecule is CC1(C)CCC(C)(C)c2cc(-c3ccc(-c4ccc(Cl)cc4)cc3)ccc21. The molecule has 1 aliphatic carbocycles. The van der Waals surface area contributed by atoms with Gasteiger partial charge in [-0.2, -0.15) is 0 Å². The number of halogens is 1. The molecule has 0 fully saturated rings. The van der Waals surface area contributed by atoms with E-state index in [1.807, 2.05) is 12.1 Å². The van der Waals surface area contributed by atoms with Crippen molar-refractivity contribution < 1.29 is 0 Å². The fraction of sp³-hybridized carbons (Fsp3) is 0.308. The molecule has 0 N–H and O–H groups in total. The number of hydrogen-bond acceptors (Lipinski definition) is 0. The average Bonchev–Trinajstić information content (AvgIpc) is 2.66. The third-order valence-electron chi connectivity index (χ3n) is 6.25. The Morgan fingerprint density at radius 1 is 0.556 bits per heavy atom. The molecule has 0 aromatic heterocycles. The van der Waals surface area contributed by atoms with Crippen LogP contribution < -0.4 is 0 Å². The molecule has 0 saturated carbocycles. The van der Waals surface area contributed by atoms with Crippen molar-refractivity contribution in [3.8, 4) is 22.3 Å². The first kappa shape index (κ1) is 18.3. The lowest BCUT2D eigenvalue weighted by Crippen LogP contribution is -2.33. The summed E-state index contributed by atoms with van der Waals surface area (Å²) in [5.74, 6) is 0. The van der Waals surface area contributed by atoms with Gasteiger partial charge in [-0.05, 0) is 69.2 Å². The van der Waals surface area contributed by atoms with E-state index in [-0.39, 0.29) is 10.8 Å². The standard InChI is InChI=1S/C26H27Cl/c1-25(2)15-16-26(3,4)24-17-21(11-14-23(24)25)20-7-5-18(6-8-20)19-9-12-22(27)13-10-19/h5-14,17H,15-16H2,1-4H3. The van der Waals surface area contributed by atoms with Gasteiger partial charge in [-0.15, -0.1) is 0 Å². The normalized spacial score (nSPS) is 17.4. The zero-order valence-electron chi connectivity index (χ0n) is 16.6. The Morgan fingerprint density at radius 2 is 0.963 bits per heavy atom. The fourth-order valence-electron chi connectivity index (χ4n) is 4.27. The summed E-state index contributed by atoms with van der Waals surface area (Å²) in [7, 11) is 0. The van der Waals surface area contributed by atoms with Crippen molar-refractivity contribution in [1.82, 2.24) is 0 Å². The molecule has 0 radical (unpaired) electrons. The summed E-state index contributed by atoms with van der Waals surface area (Å²) in [5.41, 5.74) is 8.52. The molecule has 0 unspecified atom stereocenters. The molecule has 0 amide bonds. The summed E-state index contributed by atoms with van der Waals surface area (Å²) >= 11 is 6.01. The third-order valence-corrected chi connectivity index (χ3v) is 6.50. The molecule has 4 rings (SSSR count). The molecule has 0 atom stereocenters. The Hall–Kier alpha value is -2.05. The van der Waals surface area contributed by atoms with Crippen molar-refractivity contribution in [1.29, 1.82) is 0 Å². The van der Waals surface area contributed by atoms with E-state index >= 15 is 0 Å². The van der Waals surface area contributed by atoms with E-state index in [1.165, 1.54) is 46.2 Å². The Kier molecular flexibility index (Phi) is 4.43. The molecule has 1 heteroatoms. The number of benzene rings is 3. The number of hydrogen-bond donors (Lipinski definition) is 0. The van der Waals surface area contributed by atoms with Crippen molar-refractivity contribution in [2.24, 2.45) is 0 Å². The Balaban J connectivity index is 1.71. The summed E-state index contributed by atoms with van der Waals surface area (Å²) in [6, 6.07) is 24.0. The van der Waals surface area contributed by atoms with Gasteiger partial charge in [-0.1, -0.05) is 93.9 Å². The largest absolute Gasteiger partial charge is 0.0843 e. The van der Waals surface area contributed by atoms with Crippen LogP contribution in [0.15, 0.2) is 66.7 Å². The van der Waals surface area contributed by atoms with Crippen molar-refractivity contribution in [2.75, 3.05) is 0 Å². The monoisotopic (exact) mass is 374 g/mol. The zero-order chi connectivity index (χ0) is 19.2. The lowest BCUT2D eigenvalue weighted by atomic mass is 9.63. The van der Waals surface area contributed by atoms with Crippen LogP contribution in [0, 0.1) is 0 Å². The molecule has 0 saturated heterocycles. The Bertz CT molecular complexity index is 960. The van der Waals surface area contributed by atoms with Crippen LogP contribution >= 0.6 is 11.6 Å². The van der Waals surface area contributed by atoms with E-state index in [1.54, 1.807) is 0 Å². The second kappa shape index (κ2) is 6.53. The summed E-state index contributed by atoms with van der Waals surface area (Å²) < 4.78 is 0. The van der Waals surface area contributed by atoms with Crippen LogP contribution in [-0.2, 0) is 10.8 Å². The molecule has 0 heterocycles.